The second kappa shape index (κ2) is 8.39. The first-order valence-corrected chi connectivity index (χ1v) is 7.29. The first-order valence-electron chi connectivity index (χ1n) is 6.91. The lowest BCUT2D eigenvalue weighted by atomic mass is 9.99. The van der Waals surface area contributed by atoms with E-state index in [1.807, 2.05) is 12.1 Å². The fourth-order valence-corrected chi connectivity index (χ4v) is 2.41. The predicted octanol–water partition coefficient (Wildman–Crippen LogP) is 4.23. The maximum atomic E-state index is 5.98. The number of nitrogens with one attached hydrogen (secondary N) is 1. The predicted molar refractivity (Wildman–Crippen MR) is 80.9 cm³/mol. The van der Waals surface area contributed by atoms with Gasteiger partial charge in [0.1, 0.15) is 0 Å². The van der Waals surface area contributed by atoms with Gasteiger partial charge in [-0.25, -0.2) is 0 Å². The van der Waals surface area contributed by atoms with Crippen molar-refractivity contribution in [2.24, 2.45) is 5.92 Å². The molecule has 1 aromatic rings. The Hall–Kier alpha value is -0.730. The third kappa shape index (κ3) is 5.74. The van der Waals surface area contributed by atoms with Crippen molar-refractivity contribution in [1.29, 1.82) is 0 Å². The van der Waals surface area contributed by atoms with E-state index in [-0.39, 0.29) is 0 Å². The molecule has 1 unspecified atom stereocenters. The zero-order valence-corrected chi connectivity index (χ0v) is 12.3. The average Bonchev–Trinajstić information content (AvgIpc) is 2.32. The molecular formula is C15H25ClN2. The van der Waals surface area contributed by atoms with E-state index in [9.17, 15) is 0 Å². The topological polar surface area (TPSA) is 38.0 Å². The number of benzene rings is 1. The van der Waals surface area contributed by atoms with Crippen molar-refractivity contribution < 1.29 is 0 Å². The van der Waals surface area contributed by atoms with Crippen LogP contribution in [0.2, 0.25) is 5.02 Å². The summed E-state index contributed by atoms with van der Waals surface area (Å²) in [4.78, 5) is 0. The summed E-state index contributed by atoms with van der Waals surface area (Å²) in [6, 6.07) is 5.73. The summed E-state index contributed by atoms with van der Waals surface area (Å²) >= 11 is 5.98. The van der Waals surface area contributed by atoms with Crippen LogP contribution in [0.25, 0.3) is 0 Å². The van der Waals surface area contributed by atoms with Gasteiger partial charge in [0.2, 0.25) is 0 Å². The van der Waals surface area contributed by atoms with Gasteiger partial charge in [-0.3, -0.25) is 0 Å². The van der Waals surface area contributed by atoms with Crippen LogP contribution in [0.15, 0.2) is 18.2 Å². The third-order valence-electron chi connectivity index (χ3n) is 3.29. The average molecular weight is 269 g/mol. The fourth-order valence-electron chi connectivity index (χ4n) is 2.14. The smallest absolute Gasteiger partial charge is 0.0429 e. The molecule has 1 atom stereocenters. The summed E-state index contributed by atoms with van der Waals surface area (Å²) in [7, 11) is 0. The molecule has 0 saturated heterocycles. The quantitative estimate of drug-likeness (QED) is 0.693. The van der Waals surface area contributed by atoms with Gasteiger partial charge in [0.05, 0.1) is 0 Å². The van der Waals surface area contributed by atoms with Crippen molar-refractivity contribution in [2.45, 2.75) is 46.1 Å². The van der Waals surface area contributed by atoms with Crippen LogP contribution < -0.4 is 11.1 Å². The van der Waals surface area contributed by atoms with Crippen LogP contribution in [0.5, 0.6) is 0 Å². The van der Waals surface area contributed by atoms with E-state index in [4.69, 9.17) is 17.3 Å². The first kappa shape index (κ1) is 15.3. The minimum atomic E-state index is 0.713. The zero-order valence-electron chi connectivity index (χ0n) is 11.5. The Morgan fingerprint density at radius 1 is 1.28 bits per heavy atom. The van der Waals surface area contributed by atoms with Crippen molar-refractivity contribution >= 4 is 17.3 Å². The van der Waals surface area contributed by atoms with E-state index in [0.717, 1.165) is 30.3 Å². The third-order valence-corrected chi connectivity index (χ3v) is 3.50. The molecule has 102 valence electrons. The first-order chi connectivity index (χ1) is 8.65. The summed E-state index contributed by atoms with van der Waals surface area (Å²) < 4.78 is 0. The number of rotatable bonds is 8. The van der Waals surface area contributed by atoms with Gasteiger partial charge in [0.25, 0.3) is 0 Å². The van der Waals surface area contributed by atoms with Crippen LogP contribution in [0.3, 0.4) is 0 Å². The van der Waals surface area contributed by atoms with Crippen molar-refractivity contribution in [3.63, 3.8) is 0 Å². The lowest BCUT2D eigenvalue weighted by Crippen LogP contribution is -2.22. The molecule has 0 amide bonds. The standard InChI is InChI=1S/C15H25ClN2/c1-3-5-6-12(4-2)10-18-11-13-7-14(16)9-15(17)8-13/h7-9,12,18H,3-6,10-11,17H2,1-2H3. The molecule has 0 saturated carbocycles. The van der Waals surface area contributed by atoms with Gasteiger partial charge in [0.15, 0.2) is 0 Å². The number of halogens is 1. The molecule has 0 fully saturated rings. The normalized spacial score (nSPS) is 12.6. The Bertz CT molecular complexity index is 332. The highest BCUT2D eigenvalue weighted by molar-refractivity contribution is 6.30. The minimum absolute atomic E-state index is 0.713. The van der Waals surface area contributed by atoms with Crippen LogP contribution in [-0.4, -0.2) is 6.54 Å². The Kier molecular flexibility index (Phi) is 7.14. The monoisotopic (exact) mass is 268 g/mol. The Balaban J connectivity index is 2.35. The van der Waals surface area contributed by atoms with E-state index < -0.39 is 0 Å². The van der Waals surface area contributed by atoms with Crippen LogP contribution in [0, 0.1) is 5.92 Å². The number of hydrogen-bond acceptors (Lipinski definition) is 2. The Labute approximate surface area is 116 Å². The number of nitrogens with two attached hydrogens (primary N) is 1. The van der Waals surface area contributed by atoms with Gasteiger partial charge >= 0.3 is 0 Å². The van der Waals surface area contributed by atoms with Gasteiger partial charge in [-0.15, -0.1) is 0 Å². The molecule has 0 aliphatic carbocycles. The lowest BCUT2D eigenvalue weighted by Gasteiger charge is -2.15. The maximum Gasteiger partial charge on any atom is 0.0429 e. The summed E-state index contributed by atoms with van der Waals surface area (Å²) in [5, 5.41) is 4.21. The van der Waals surface area contributed by atoms with Gasteiger partial charge in [0, 0.05) is 17.3 Å². The Morgan fingerprint density at radius 2 is 2.06 bits per heavy atom. The SMILES string of the molecule is CCCCC(CC)CNCc1cc(N)cc(Cl)c1. The molecule has 0 aliphatic heterocycles. The molecule has 3 heteroatoms. The number of anilines is 1. The fraction of sp³-hybridized carbons (Fsp3) is 0.600. The van der Waals surface area contributed by atoms with Gasteiger partial charge in [-0.1, -0.05) is 44.7 Å². The van der Waals surface area contributed by atoms with Crippen molar-refractivity contribution in [3.05, 3.63) is 28.8 Å². The largest absolute Gasteiger partial charge is 0.399 e. The summed E-state index contributed by atoms with van der Waals surface area (Å²) in [5.41, 5.74) is 7.66. The molecule has 18 heavy (non-hydrogen) atoms. The van der Waals surface area contributed by atoms with Crippen LogP contribution in [0.1, 0.15) is 45.1 Å². The zero-order chi connectivity index (χ0) is 13.4. The summed E-state index contributed by atoms with van der Waals surface area (Å²) in [5.74, 6) is 0.779. The van der Waals surface area contributed by atoms with E-state index in [1.165, 1.54) is 25.7 Å². The molecule has 3 N–H and O–H groups in total. The molecule has 0 radical (unpaired) electrons. The second-order valence-corrected chi connectivity index (χ2v) is 5.38. The molecule has 1 rings (SSSR count). The highest BCUT2D eigenvalue weighted by Crippen LogP contribution is 2.17. The van der Waals surface area contributed by atoms with Gasteiger partial charge < -0.3 is 11.1 Å². The Morgan fingerprint density at radius 3 is 2.67 bits per heavy atom. The highest BCUT2D eigenvalue weighted by atomic mass is 35.5. The number of hydrogen-bond donors (Lipinski definition) is 2. The lowest BCUT2D eigenvalue weighted by molar-refractivity contribution is 0.419. The van der Waals surface area contributed by atoms with Crippen LogP contribution in [0.4, 0.5) is 5.69 Å². The molecule has 0 aromatic heterocycles. The number of unbranched alkanes of at least 4 members (excludes halogenated alkanes) is 1. The van der Waals surface area contributed by atoms with Crippen molar-refractivity contribution in [1.82, 2.24) is 5.32 Å². The van der Waals surface area contributed by atoms with Crippen molar-refractivity contribution in [2.75, 3.05) is 12.3 Å². The van der Waals surface area contributed by atoms with Gasteiger partial charge in [-0.2, -0.15) is 0 Å². The van der Waals surface area contributed by atoms with E-state index in [0.29, 0.717) is 5.02 Å². The van der Waals surface area contributed by atoms with E-state index in [2.05, 4.69) is 19.2 Å². The molecule has 0 bridgehead atoms. The summed E-state index contributed by atoms with van der Waals surface area (Å²) in [6.45, 7) is 6.42. The van der Waals surface area contributed by atoms with Crippen LogP contribution >= 0.6 is 11.6 Å². The molecule has 1 aromatic carbocycles. The molecule has 0 aliphatic rings. The highest BCUT2D eigenvalue weighted by Gasteiger charge is 2.05. The second-order valence-electron chi connectivity index (χ2n) is 4.94. The molecule has 0 heterocycles. The van der Waals surface area contributed by atoms with Crippen LogP contribution in [-0.2, 0) is 6.54 Å². The molecule has 0 spiro atoms. The van der Waals surface area contributed by atoms with Gasteiger partial charge in [-0.05, 0) is 42.6 Å². The molecule has 2 nitrogen and oxygen atoms in total. The van der Waals surface area contributed by atoms with E-state index in [1.54, 1.807) is 6.07 Å². The maximum absolute atomic E-state index is 5.98. The number of nitrogen functional groups attached to an aromatic ring is 1. The van der Waals surface area contributed by atoms with E-state index >= 15 is 0 Å². The minimum Gasteiger partial charge on any atom is -0.399 e. The summed E-state index contributed by atoms with van der Waals surface area (Å²) in [6.07, 6.45) is 5.16. The van der Waals surface area contributed by atoms with Crippen molar-refractivity contribution in [3.8, 4) is 0 Å². The molecular weight excluding hydrogens is 244 g/mol.